The zero-order chi connectivity index (χ0) is 13.5. The lowest BCUT2D eigenvalue weighted by Crippen LogP contribution is -2.24. The average Bonchev–Trinajstić information content (AvgIpc) is 2.73. The monoisotopic (exact) mass is 258 g/mol. The minimum absolute atomic E-state index is 0.0116. The standard InChI is InChI=1S/C10H9F3N4O/c1-6(18)16(2)7-3-4-8(10(11,12)13)17-9(7)14-5-15-17/h3-5H,1-2H3. The fraction of sp³-hybridized carbons (Fsp3) is 0.300. The third-order valence-electron chi connectivity index (χ3n) is 2.53. The van der Waals surface area contributed by atoms with Crippen molar-refractivity contribution >= 4 is 17.2 Å². The van der Waals surface area contributed by atoms with Gasteiger partial charge in [0, 0.05) is 14.0 Å². The van der Waals surface area contributed by atoms with Gasteiger partial charge in [-0.25, -0.2) is 9.50 Å². The molecule has 0 unspecified atom stereocenters. The Morgan fingerprint density at radius 1 is 1.39 bits per heavy atom. The predicted molar refractivity (Wildman–Crippen MR) is 57.1 cm³/mol. The van der Waals surface area contributed by atoms with Gasteiger partial charge >= 0.3 is 6.18 Å². The first kappa shape index (κ1) is 12.3. The van der Waals surface area contributed by atoms with Gasteiger partial charge in [-0.2, -0.15) is 18.3 Å². The van der Waals surface area contributed by atoms with Gasteiger partial charge in [0.1, 0.15) is 12.0 Å². The Kier molecular flexibility index (Phi) is 2.72. The van der Waals surface area contributed by atoms with Crippen LogP contribution in [0.1, 0.15) is 12.6 Å². The third kappa shape index (κ3) is 1.89. The van der Waals surface area contributed by atoms with Gasteiger partial charge in [-0.05, 0) is 12.1 Å². The number of carbonyl (C=O) groups excluding carboxylic acids is 1. The molecule has 0 aliphatic carbocycles. The van der Waals surface area contributed by atoms with Crippen molar-refractivity contribution in [3.63, 3.8) is 0 Å². The van der Waals surface area contributed by atoms with E-state index in [1.807, 2.05) is 0 Å². The molecule has 5 nitrogen and oxygen atoms in total. The van der Waals surface area contributed by atoms with Gasteiger partial charge in [0.05, 0.1) is 5.69 Å². The molecule has 96 valence electrons. The summed E-state index contributed by atoms with van der Waals surface area (Å²) in [7, 11) is 1.46. The molecule has 0 fully saturated rings. The molecule has 0 bridgehead atoms. The van der Waals surface area contributed by atoms with Crippen molar-refractivity contribution in [1.29, 1.82) is 0 Å². The van der Waals surface area contributed by atoms with E-state index in [0.29, 0.717) is 4.52 Å². The molecule has 2 aromatic rings. The van der Waals surface area contributed by atoms with E-state index >= 15 is 0 Å². The highest BCUT2D eigenvalue weighted by molar-refractivity contribution is 5.94. The summed E-state index contributed by atoms with van der Waals surface area (Å²) >= 11 is 0. The zero-order valence-electron chi connectivity index (χ0n) is 9.56. The molecule has 18 heavy (non-hydrogen) atoms. The van der Waals surface area contributed by atoms with E-state index in [-0.39, 0.29) is 17.2 Å². The lowest BCUT2D eigenvalue weighted by Gasteiger charge is -2.17. The first-order valence-corrected chi connectivity index (χ1v) is 4.96. The molecular formula is C10H9F3N4O. The number of nitrogens with zero attached hydrogens (tertiary/aromatic N) is 4. The first-order valence-electron chi connectivity index (χ1n) is 4.96. The Labute approximate surface area is 99.8 Å². The van der Waals surface area contributed by atoms with E-state index in [1.54, 1.807) is 0 Å². The second kappa shape index (κ2) is 3.97. The van der Waals surface area contributed by atoms with Crippen molar-refractivity contribution in [3.8, 4) is 0 Å². The van der Waals surface area contributed by atoms with Crippen molar-refractivity contribution in [2.45, 2.75) is 13.1 Å². The van der Waals surface area contributed by atoms with Crippen molar-refractivity contribution in [3.05, 3.63) is 24.2 Å². The highest BCUT2D eigenvalue weighted by Gasteiger charge is 2.35. The second-order valence-electron chi connectivity index (χ2n) is 3.68. The van der Waals surface area contributed by atoms with Gasteiger partial charge in [0.25, 0.3) is 0 Å². The van der Waals surface area contributed by atoms with Crippen molar-refractivity contribution < 1.29 is 18.0 Å². The van der Waals surface area contributed by atoms with Crippen molar-refractivity contribution in [2.75, 3.05) is 11.9 Å². The van der Waals surface area contributed by atoms with Crippen LogP contribution in [0.15, 0.2) is 18.5 Å². The third-order valence-corrected chi connectivity index (χ3v) is 2.53. The summed E-state index contributed by atoms with van der Waals surface area (Å²) < 4.78 is 38.8. The number of hydrogen-bond acceptors (Lipinski definition) is 3. The number of carbonyl (C=O) groups is 1. The zero-order valence-corrected chi connectivity index (χ0v) is 9.56. The SMILES string of the molecule is CC(=O)N(C)c1ccc(C(F)(F)F)n2ncnc12. The number of halogens is 3. The highest BCUT2D eigenvalue weighted by atomic mass is 19.4. The lowest BCUT2D eigenvalue weighted by atomic mass is 10.3. The number of hydrogen-bond donors (Lipinski definition) is 0. The van der Waals surface area contributed by atoms with Crippen LogP contribution in [0.3, 0.4) is 0 Å². The average molecular weight is 258 g/mol. The van der Waals surface area contributed by atoms with Gasteiger partial charge in [0.2, 0.25) is 5.91 Å². The molecule has 0 N–H and O–H groups in total. The number of alkyl halides is 3. The number of fused-ring (bicyclic) bond motifs is 1. The maximum absolute atomic E-state index is 12.7. The summed E-state index contributed by atoms with van der Waals surface area (Å²) in [5.41, 5.74) is -0.675. The van der Waals surface area contributed by atoms with E-state index in [2.05, 4.69) is 10.1 Å². The van der Waals surface area contributed by atoms with E-state index in [4.69, 9.17) is 0 Å². The Bertz CT molecular complexity index is 605. The van der Waals surface area contributed by atoms with Crippen LogP contribution < -0.4 is 4.90 Å². The summed E-state index contributed by atoms with van der Waals surface area (Å²) in [5.74, 6) is -0.306. The summed E-state index contributed by atoms with van der Waals surface area (Å²) in [6, 6.07) is 2.07. The van der Waals surface area contributed by atoms with Crippen LogP contribution in [0.5, 0.6) is 0 Å². The van der Waals surface area contributed by atoms with Crippen LogP contribution in [0.4, 0.5) is 18.9 Å². The van der Waals surface area contributed by atoms with Gasteiger partial charge in [-0.15, -0.1) is 0 Å². The Morgan fingerprint density at radius 3 is 2.61 bits per heavy atom. The van der Waals surface area contributed by atoms with Gasteiger partial charge in [-0.3, -0.25) is 4.79 Å². The molecule has 0 atom stereocenters. The number of pyridine rings is 1. The molecule has 2 aromatic heterocycles. The molecule has 0 saturated carbocycles. The summed E-state index contributed by atoms with van der Waals surface area (Å²) in [4.78, 5) is 16.2. The van der Waals surface area contributed by atoms with E-state index in [1.165, 1.54) is 24.9 Å². The fourth-order valence-electron chi connectivity index (χ4n) is 1.54. The van der Waals surface area contributed by atoms with Crippen LogP contribution in [0.2, 0.25) is 0 Å². The maximum atomic E-state index is 12.7. The lowest BCUT2D eigenvalue weighted by molar-refractivity contribution is -0.142. The molecule has 2 heterocycles. The summed E-state index contributed by atoms with van der Waals surface area (Å²) in [5, 5.41) is 3.54. The molecule has 0 saturated heterocycles. The molecule has 0 spiro atoms. The second-order valence-corrected chi connectivity index (χ2v) is 3.68. The van der Waals surface area contributed by atoms with Crippen LogP contribution >= 0.6 is 0 Å². The van der Waals surface area contributed by atoms with E-state index in [9.17, 15) is 18.0 Å². The molecular weight excluding hydrogens is 249 g/mol. The molecule has 0 aromatic carbocycles. The summed E-state index contributed by atoms with van der Waals surface area (Å²) in [6.07, 6.45) is -3.51. The minimum Gasteiger partial charge on any atom is -0.312 e. The molecule has 0 radical (unpaired) electrons. The normalized spacial score (nSPS) is 11.8. The first-order chi connectivity index (χ1) is 8.32. The fourth-order valence-corrected chi connectivity index (χ4v) is 1.54. The quantitative estimate of drug-likeness (QED) is 0.782. The van der Waals surface area contributed by atoms with Crippen LogP contribution in [0, 0.1) is 0 Å². The van der Waals surface area contributed by atoms with Crippen molar-refractivity contribution in [1.82, 2.24) is 14.6 Å². The molecule has 0 aliphatic heterocycles. The smallest absolute Gasteiger partial charge is 0.312 e. The Balaban J connectivity index is 2.68. The number of amides is 1. The molecule has 1 amide bonds. The molecule has 2 rings (SSSR count). The number of rotatable bonds is 1. The number of aromatic nitrogens is 3. The number of anilines is 1. The van der Waals surface area contributed by atoms with E-state index < -0.39 is 11.9 Å². The Hall–Kier alpha value is -2.12. The van der Waals surface area contributed by atoms with Gasteiger partial charge in [-0.1, -0.05) is 0 Å². The Morgan fingerprint density at radius 2 is 2.06 bits per heavy atom. The van der Waals surface area contributed by atoms with Crippen LogP contribution in [-0.2, 0) is 11.0 Å². The highest BCUT2D eigenvalue weighted by Crippen LogP contribution is 2.31. The predicted octanol–water partition coefficient (Wildman–Crippen LogP) is 1.73. The minimum atomic E-state index is -4.53. The maximum Gasteiger partial charge on any atom is 0.433 e. The summed E-state index contributed by atoms with van der Waals surface area (Å²) in [6.45, 7) is 1.31. The topological polar surface area (TPSA) is 50.5 Å². The van der Waals surface area contributed by atoms with E-state index in [0.717, 1.165) is 12.4 Å². The molecule has 8 heteroatoms. The largest absolute Gasteiger partial charge is 0.433 e. The van der Waals surface area contributed by atoms with Crippen molar-refractivity contribution in [2.24, 2.45) is 0 Å². The van der Waals surface area contributed by atoms with Gasteiger partial charge < -0.3 is 4.90 Å². The van der Waals surface area contributed by atoms with Crippen LogP contribution in [-0.4, -0.2) is 27.6 Å². The van der Waals surface area contributed by atoms with Gasteiger partial charge in [0.15, 0.2) is 5.65 Å². The molecule has 0 aliphatic rings. The van der Waals surface area contributed by atoms with Crippen LogP contribution in [0.25, 0.3) is 5.65 Å².